The van der Waals surface area contributed by atoms with Crippen LogP contribution in [-0.4, -0.2) is 25.7 Å². The van der Waals surface area contributed by atoms with Crippen molar-refractivity contribution in [3.05, 3.63) is 125 Å². The Kier molecular flexibility index (Phi) is 19.8. The van der Waals surface area contributed by atoms with Gasteiger partial charge in [0.25, 0.3) is 0 Å². The first-order valence-corrected chi connectivity index (χ1v) is 13.7. The van der Waals surface area contributed by atoms with E-state index in [9.17, 15) is 13.6 Å². The fourth-order valence-corrected chi connectivity index (χ4v) is 3.37. The van der Waals surface area contributed by atoms with Crippen LogP contribution < -0.4 is 5.32 Å². The zero-order chi connectivity index (χ0) is 31.2. The molecule has 0 amide bonds. The molecule has 3 rings (SSSR count). The summed E-state index contributed by atoms with van der Waals surface area (Å²) in [5.74, 6) is -1.24. The molecule has 0 aliphatic carbocycles. The third-order valence-corrected chi connectivity index (χ3v) is 5.97. The average molecular weight is 565 g/mol. The number of carbonyl (C=O) groups is 1. The van der Waals surface area contributed by atoms with E-state index in [1.165, 1.54) is 11.6 Å². The molecule has 222 valence electrons. The van der Waals surface area contributed by atoms with Crippen LogP contribution in [0.3, 0.4) is 0 Å². The van der Waals surface area contributed by atoms with E-state index in [4.69, 9.17) is 4.84 Å². The molecule has 0 aliphatic rings. The van der Waals surface area contributed by atoms with Crippen LogP contribution >= 0.6 is 0 Å². The van der Waals surface area contributed by atoms with Crippen molar-refractivity contribution < 1.29 is 18.4 Å². The topological polar surface area (TPSA) is 50.7 Å². The molecule has 41 heavy (non-hydrogen) atoms. The van der Waals surface area contributed by atoms with E-state index in [0.29, 0.717) is 19.1 Å². The Morgan fingerprint density at radius 1 is 0.902 bits per heavy atom. The number of hydrogen-bond acceptors (Lipinski definition) is 4. The number of allylic oxidation sites excluding steroid dienone is 2. The molecule has 3 aromatic rings. The van der Waals surface area contributed by atoms with Crippen molar-refractivity contribution in [3.63, 3.8) is 0 Å². The zero-order valence-corrected chi connectivity index (χ0v) is 25.6. The van der Waals surface area contributed by atoms with Gasteiger partial charge < -0.3 is 10.2 Å². The maximum atomic E-state index is 12.5. The number of nitrogens with zero attached hydrogens (tertiary/aromatic N) is 1. The van der Waals surface area contributed by atoms with Crippen molar-refractivity contribution in [3.8, 4) is 0 Å². The molecule has 1 N–H and O–H groups in total. The van der Waals surface area contributed by atoms with Crippen LogP contribution in [0.5, 0.6) is 0 Å². The molecule has 0 fully saturated rings. The van der Waals surface area contributed by atoms with Crippen molar-refractivity contribution in [1.29, 1.82) is 0 Å². The minimum atomic E-state index is -0.801. The monoisotopic (exact) mass is 564 g/mol. The molecule has 0 atom stereocenters. The fourth-order valence-electron chi connectivity index (χ4n) is 3.37. The molecule has 0 radical (unpaired) electrons. The largest absolute Gasteiger partial charge is 0.396 e. The Balaban J connectivity index is 0.000000635. The Morgan fingerprint density at radius 3 is 1.93 bits per heavy atom. The lowest BCUT2D eigenvalue weighted by Gasteiger charge is -2.11. The number of rotatable bonds is 9. The Hall–Kier alpha value is -3.90. The lowest BCUT2D eigenvalue weighted by atomic mass is 9.94. The summed E-state index contributed by atoms with van der Waals surface area (Å²) in [6.45, 7) is 19.3. The Labute approximate surface area is 245 Å². The predicted octanol–water partition coefficient (Wildman–Crippen LogP) is 8.81. The van der Waals surface area contributed by atoms with E-state index in [1.54, 1.807) is 13.1 Å². The lowest BCUT2D eigenvalue weighted by molar-refractivity contribution is -0.103. The number of oxime groups is 1. The summed E-state index contributed by atoms with van der Waals surface area (Å²) in [6, 6.07) is 22.2. The SMILES string of the molecule is C=C.CCO/N=C(\C)c1ccc(/C(C=O)=C(\C)C(C)C)cc1.CCc1ccccc1.CNCc1ccc(F)c(F)c1. The molecule has 0 unspecified atom stereocenters. The van der Waals surface area contributed by atoms with E-state index >= 15 is 0 Å². The van der Waals surface area contributed by atoms with Gasteiger partial charge in [0.1, 0.15) is 6.61 Å². The van der Waals surface area contributed by atoms with Gasteiger partial charge in [-0.05, 0) is 74.5 Å². The molecular weight excluding hydrogens is 518 g/mol. The van der Waals surface area contributed by atoms with Gasteiger partial charge >= 0.3 is 0 Å². The highest BCUT2D eigenvalue weighted by Crippen LogP contribution is 2.22. The quantitative estimate of drug-likeness (QED) is 0.0929. The third-order valence-electron chi connectivity index (χ3n) is 5.97. The average Bonchev–Trinajstić information content (AvgIpc) is 3.00. The van der Waals surface area contributed by atoms with Crippen LogP contribution in [0.2, 0.25) is 0 Å². The standard InChI is InChI=1S/C17H23NO2.C8H9F2N.C8H10.C2H4/c1-6-20-18-14(5)15-7-9-16(10-8-15)17(11-19)13(4)12(2)3;1-11-5-6-2-3-7(9)8(10)4-6;1-2-8-6-4-3-5-7-8;1-2/h7-12H,6H2,1-5H3;2-4,11H,5H2,1H3;3-7H,2H2,1H3;1-2H2/b17-13+,18-14+;;;. The molecule has 4 nitrogen and oxygen atoms in total. The highest BCUT2D eigenvalue weighted by Gasteiger charge is 2.09. The first kappa shape index (κ1) is 37.1. The second kappa shape index (κ2) is 21.9. The van der Waals surface area contributed by atoms with E-state index < -0.39 is 11.6 Å². The van der Waals surface area contributed by atoms with E-state index in [-0.39, 0.29) is 0 Å². The number of halogens is 2. The maximum absolute atomic E-state index is 12.5. The first-order chi connectivity index (χ1) is 19.7. The fraction of sp³-hybridized carbons (Fsp3) is 0.314. The molecule has 0 aliphatic heterocycles. The van der Waals surface area contributed by atoms with Crippen LogP contribution in [0.4, 0.5) is 8.78 Å². The van der Waals surface area contributed by atoms with Crippen LogP contribution in [0.25, 0.3) is 5.57 Å². The molecule has 0 saturated carbocycles. The summed E-state index contributed by atoms with van der Waals surface area (Å²) in [5, 5.41) is 6.85. The van der Waals surface area contributed by atoms with Gasteiger partial charge in [-0.15, -0.1) is 13.2 Å². The van der Waals surface area contributed by atoms with Crippen LogP contribution in [0, 0.1) is 17.6 Å². The molecule has 0 saturated heterocycles. The summed E-state index contributed by atoms with van der Waals surface area (Å²) < 4.78 is 24.8. The first-order valence-electron chi connectivity index (χ1n) is 13.7. The summed E-state index contributed by atoms with van der Waals surface area (Å²) in [6.07, 6.45) is 2.08. The van der Waals surface area contributed by atoms with E-state index in [0.717, 1.165) is 52.3 Å². The minimum absolute atomic E-state index is 0.358. The minimum Gasteiger partial charge on any atom is -0.396 e. The highest BCUT2D eigenvalue weighted by molar-refractivity contribution is 6.08. The number of aldehydes is 1. The van der Waals surface area contributed by atoms with Crippen LogP contribution in [0.1, 0.15) is 63.8 Å². The summed E-state index contributed by atoms with van der Waals surface area (Å²) in [4.78, 5) is 16.4. The van der Waals surface area contributed by atoms with Gasteiger partial charge in [0.2, 0.25) is 0 Å². The molecule has 0 bridgehead atoms. The van der Waals surface area contributed by atoms with Gasteiger partial charge in [-0.25, -0.2) is 8.78 Å². The molecule has 0 spiro atoms. The van der Waals surface area contributed by atoms with Gasteiger partial charge in [-0.2, -0.15) is 0 Å². The highest BCUT2D eigenvalue weighted by atomic mass is 19.2. The number of hydrogen-bond donors (Lipinski definition) is 1. The van der Waals surface area contributed by atoms with Gasteiger partial charge in [0.15, 0.2) is 17.9 Å². The predicted molar refractivity (Wildman–Crippen MR) is 170 cm³/mol. The second-order valence-electron chi connectivity index (χ2n) is 9.16. The summed E-state index contributed by atoms with van der Waals surface area (Å²) >= 11 is 0. The smallest absolute Gasteiger partial charge is 0.159 e. The van der Waals surface area contributed by atoms with Crippen molar-refractivity contribution in [1.82, 2.24) is 5.32 Å². The molecule has 0 heterocycles. The molecule has 0 aromatic heterocycles. The third kappa shape index (κ3) is 14.3. The Bertz CT molecular complexity index is 1200. The van der Waals surface area contributed by atoms with Gasteiger partial charge in [-0.3, -0.25) is 4.79 Å². The normalized spacial score (nSPS) is 11.0. The van der Waals surface area contributed by atoms with Gasteiger partial charge in [0.05, 0.1) is 5.71 Å². The van der Waals surface area contributed by atoms with Crippen LogP contribution in [0.15, 0.2) is 96.7 Å². The number of nitrogens with one attached hydrogen (secondary N) is 1. The molecule has 6 heteroatoms. The van der Waals surface area contributed by atoms with E-state index in [2.05, 4.69) is 68.7 Å². The van der Waals surface area contributed by atoms with Crippen LogP contribution in [-0.2, 0) is 22.6 Å². The number of benzene rings is 3. The second-order valence-corrected chi connectivity index (χ2v) is 9.16. The van der Waals surface area contributed by atoms with Crippen molar-refractivity contribution in [2.24, 2.45) is 11.1 Å². The molecule has 3 aromatic carbocycles. The summed E-state index contributed by atoms with van der Waals surface area (Å²) in [5.41, 5.74) is 6.79. The number of aryl methyl sites for hydroxylation is 1. The van der Waals surface area contributed by atoms with E-state index in [1.807, 2.05) is 51.1 Å². The van der Waals surface area contributed by atoms with Gasteiger partial charge in [-0.1, -0.05) is 92.2 Å². The van der Waals surface area contributed by atoms with Gasteiger partial charge in [0, 0.05) is 12.1 Å². The van der Waals surface area contributed by atoms with Crippen molar-refractivity contribution in [2.75, 3.05) is 13.7 Å². The zero-order valence-electron chi connectivity index (χ0n) is 25.6. The maximum Gasteiger partial charge on any atom is 0.159 e. The lowest BCUT2D eigenvalue weighted by Crippen LogP contribution is -2.05. The Morgan fingerprint density at radius 2 is 1.49 bits per heavy atom. The van der Waals surface area contributed by atoms with Crippen molar-refractivity contribution >= 4 is 17.6 Å². The van der Waals surface area contributed by atoms with Crippen molar-refractivity contribution in [2.45, 2.75) is 54.5 Å². The number of carbonyl (C=O) groups excluding carboxylic acids is 1. The molecular formula is C35H46F2N2O2. The summed E-state index contributed by atoms with van der Waals surface area (Å²) in [7, 11) is 1.75.